The van der Waals surface area contributed by atoms with Crippen LogP contribution < -0.4 is 15.4 Å². The zero-order valence-corrected chi connectivity index (χ0v) is 16.9. The molecule has 10 heteroatoms. The average molecular weight is 442 g/mol. The van der Waals surface area contributed by atoms with Gasteiger partial charge >= 0.3 is 0 Å². The van der Waals surface area contributed by atoms with Crippen molar-refractivity contribution in [2.45, 2.75) is 18.9 Å². The molecular formula is C21H17ClFN5O3. The Morgan fingerprint density at radius 3 is 2.97 bits per heavy atom. The summed E-state index contributed by atoms with van der Waals surface area (Å²) in [6, 6.07) is 9.40. The van der Waals surface area contributed by atoms with Crippen molar-refractivity contribution in [3.63, 3.8) is 0 Å². The van der Waals surface area contributed by atoms with Crippen LogP contribution in [0.2, 0.25) is 5.02 Å². The van der Waals surface area contributed by atoms with E-state index in [0.29, 0.717) is 47.1 Å². The molecule has 0 saturated carbocycles. The number of fused-ring (bicyclic) bond motifs is 1. The lowest BCUT2D eigenvalue weighted by Gasteiger charge is -2.17. The van der Waals surface area contributed by atoms with Gasteiger partial charge < -0.3 is 20.1 Å². The van der Waals surface area contributed by atoms with E-state index in [1.165, 1.54) is 24.5 Å². The number of carbonyl (C=O) groups excluding carboxylic acids is 1. The van der Waals surface area contributed by atoms with Gasteiger partial charge in [0.2, 0.25) is 5.91 Å². The van der Waals surface area contributed by atoms with Gasteiger partial charge in [0, 0.05) is 23.6 Å². The lowest BCUT2D eigenvalue weighted by Crippen LogP contribution is -2.18. The number of carbonyl (C=O) groups is 1. The Hall–Kier alpha value is -3.48. The molecule has 8 nitrogen and oxygen atoms in total. The predicted molar refractivity (Wildman–Crippen MR) is 113 cm³/mol. The van der Waals surface area contributed by atoms with E-state index < -0.39 is 11.7 Å². The molecular weight excluding hydrogens is 425 g/mol. The lowest BCUT2D eigenvalue weighted by atomic mass is 10.1. The first kappa shape index (κ1) is 20.8. The maximum absolute atomic E-state index is 13.5. The molecule has 158 valence electrons. The van der Waals surface area contributed by atoms with Crippen molar-refractivity contribution >= 4 is 45.6 Å². The number of benzene rings is 2. The maximum Gasteiger partial charge on any atom is 0.238 e. The van der Waals surface area contributed by atoms with Gasteiger partial charge in [0.15, 0.2) is 0 Å². The van der Waals surface area contributed by atoms with Gasteiger partial charge in [0.1, 0.15) is 36.2 Å². The van der Waals surface area contributed by atoms with Crippen LogP contribution in [0.15, 0.2) is 36.7 Å². The maximum atomic E-state index is 13.5. The standard InChI is InChI=1S/C21H17ClFN5O3/c22-15-7-12(1-2-16(15)23)27-21-14-8-18(28-20(29)3-5-24)19(9-17(14)25-11-26-21)31-13-4-6-30-10-13/h1-2,7-9,11,13H,3-4,6,10H2,(H,28,29)(H,25,26,27). The number of rotatable bonds is 6. The van der Waals surface area contributed by atoms with Gasteiger partial charge in [-0.25, -0.2) is 14.4 Å². The molecule has 1 amide bonds. The summed E-state index contributed by atoms with van der Waals surface area (Å²) in [7, 11) is 0. The van der Waals surface area contributed by atoms with Crippen LogP contribution in [0.3, 0.4) is 0 Å². The van der Waals surface area contributed by atoms with Crippen molar-refractivity contribution in [2.24, 2.45) is 0 Å². The minimum atomic E-state index is -0.528. The molecule has 1 aromatic heterocycles. The van der Waals surface area contributed by atoms with Crippen LogP contribution >= 0.6 is 11.6 Å². The third-order valence-corrected chi connectivity index (χ3v) is 4.90. The number of amides is 1. The van der Waals surface area contributed by atoms with E-state index in [4.69, 9.17) is 26.3 Å². The van der Waals surface area contributed by atoms with Gasteiger partial charge in [-0.2, -0.15) is 5.26 Å². The SMILES string of the molecule is N#CCC(=O)Nc1cc2c(Nc3ccc(F)c(Cl)c3)ncnc2cc1OC1CCOC1. The minimum Gasteiger partial charge on any atom is -0.486 e. The average Bonchev–Trinajstić information content (AvgIpc) is 3.25. The largest absolute Gasteiger partial charge is 0.486 e. The summed E-state index contributed by atoms with van der Waals surface area (Å²) in [4.78, 5) is 20.6. The molecule has 0 spiro atoms. The van der Waals surface area contributed by atoms with Gasteiger partial charge in [-0.3, -0.25) is 4.79 Å². The van der Waals surface area contributed by atoms with Crippen LogP contribution in [0, 0.1) is 17.1 Å². The second-order valence-corrected chi connectivity index (χ2v) is 7.24. The number of anilines is 3. The number of nitrogens with one attached hydrogen (secondary N) is 2. The first-order valence-corrected chi connectivity index (χ1v) is 9.83. The Kier molecular flexibility index (Phi) is 6.11. The van der Waals surface area contributed by atoms with Crippen molar-refractivity contribution in [3.05, 3.63) is 47.5 Å². The summed E-state index contributed by atoms with van der Waals surface area (Å²) in [5, 5.41) is 15.2. The summed E-state index contributed by atoms with van der Waals surface area (Å²) >= 11 is 5.86. The smallest absolute Gasteiger partial charge is 0.238 e. The van der Waals surface area contributed by atoms with Crippen LogP contribution in [-0.2, 0) is 9.53 Å². The quantitative estimate of drug-likeness (QED) is 0.590. The van der Waals surface area contributed by atoms with E-state index in [2.05, 4.69) is 20.6 Å². The molecule has 31 heavy (non-hydrogen) atoms. The fourth-order valence-corrected chi connectivity index (χ4v) is 3.32. The van der Waals surface area contributed by atoms with Gasteiger partial charge in [0.05, 0.1) is 35.5 Å². The van der Waals surface area contributed by atoms with Gasteiger partial charge in [-0.15, -0.1) is 0 Å². The predicted octanol–water partition coefficient (Wildman–Crippen LogP) is 4.19. The van der Waals surface area contributed by atoms with Crippen molar-refractivity contribution in [1.82, 2.24) is 9.97 Å². The van der Waals surface area contributed by atoms with Crippen molar-refractivity contribution in [3.8, 4) is 11.8 Å². The van der Waals surface area contributed by atoms with Gasteiger partial charge in [-0.05, 0) is 24.3 Å². The molecule has 0 radical (unpaired) electrons. The third kappa shape index (κ3) is 4.82. The number of nitrogens with zero attached hydrogens (tertiary/aromatic N) is 3. The summed E-state index contributed by atoms with van der Waals surface area (Å²) in [6.07, 6.45) is 1.66. The second kappa shape index (κ2) is 9.12. The second-order valence-electron chi connectivity index (χ2n) is 6.83. The fourth-order valence-electron chi connectivity index (χ4n) is 3.14. The monoisotopic (exact) mass is 441 g/mol. The molecule has 1 saturated heterocycles. The van der Waals surface area contributed by atoms with E-state index in [1.54, 1.807) is 12.1 Å². The molecule has 1 unspecified atom stereocenters. The number of nitriles is 1. The highest BCUT2D eigenvalue weighted by atomic mass is 35.5. The topological polar surface area (TPSA) is 109 Å². The van der Waals surface area contributed by atoms with Crippen LogP contribution in [0.25, 0.3) is 10.9 Å². The molecule has 1 atom stereocenters. The third-order valence-electron chi connectivity index (χ3n) is 4.61. The first-order chi connectivity index (χ1) is 15.0. The zero-order chi connectivity index (χ0) is 21.8. The van der Waals surface area contributed by atoms with Crippen molar-refractivity contribution in [1.29, 1.82) is 5.26 Å². The van der Waals surface area contributed by atoms with Crippen molar-refractivity contribution < 1.29 is 18.7 Å². The van der Waals surface area contributed by atoms with Gasteiger partial charge in [-0.1, -0.05) is 11.6 Å². The Labute approximate surface area is 182 Å². The van der Waals surface area contributed by atoms with E-state index >= 15 is 0 Å². The van der Waals surface area contributed by atoms with E-state index in [9.17, 15) is 9.18 Å². The summed E-state index contributed by atoms with van der Waals surface area (Å²) in [6.45, 7) is 1.05. The zero-order valence-electron chi connectivity index (χ0n) is 16.2. The lowest BCUT2D eigenvalue weighted by molar-refractivity contribution is -0.115. The number of hydrogen-bond acceptors (Lipinski definition) is 7. The summed E-state index contributed by atoms with van der Waals surface area (Å²) in [5.74, 6) is -0.144. The Bertz CT molecular complexity index is 1180. The Balaban J connectivity index is 1.73. The molecule has 1 fully saturated rings. The number of hydrogen-bond donors (Lipinski definition) is 2. The molecule has 2 heterocycles. The van der Waals surface area contributed by atoms with Crippen LogP contribution in [0.1, 0.15) is 12.8 Å². The normalized spacial score (nSPS) is 15.5. The van der Waals surface area contributed by atoms with E-state index in [1.807, 2.05) is 6.07 Å². The first-order valence-electron chi connectivity index (χ1n) is 9.45. The van der Waals surface area contributed by atoms with Crippen LogP contribution in [-0.4, -0.2) is 35.2 Å². The number of aromatic nitrogens is 2. The highest BCUT2D eigenvalue weighted by molar-refractivity contribution is 6.31. The number of halogens is 2. The Morgan fingerprint density at radius 1 is 1.35 bits per heavy atom. The van der Waals surface area contributed by atoms with Crippen LogP contribution in [0.4, 0.5) is 21.6 Å². The molecule has 1 aliphatic rings. The van der Waals surface area contributed by atoms with Crippen LogP contribution in [0.5, 0.6) is 5.75 Å². The summed E-state index contributed by atoms with van der Waals surface area (Å²) in [5.41, 5.74) is 1.48. The van der Waals surface area contributed by atoms with Crippen molar-refractivity contribution in [2.75, 3.05) is 23.8 Å². The van der Waals surface area contributed by atoms with E-state index in [0.717, 1.165) is 6.42 Å². The fraction of sp³-hybridized carbons (Fsp3) is 0.238. The molecule has 3 aromatic rings. The molecule has 1 aliphatic heterocycles. The highest BCUT2D eigenvalue weighted by Crippen LogP contribution is 2.35. The molecule has 4 rings (SSSR count). The molecule has 0 bridgehead atoms. The number of ether oxygens (including phenoxy) is 2. The summed E-state index contributed by atoms with van der Waals surface area (Å²) < 4.78 is 24.8. The highest BCUT2D eigenvalue weighted by Gasteiger charge is 2.21. The minimum absolute atomic E-state index is 0.0257. The molecule has 0 aliphatic carbocycles. The van der Waals surface area contributed by atoms with E-state index in [-0.39, 0.29) is 17.5 Å². The Morgan fingerprint density at radius 2 is 2.23 bits per heavy atom. The molecule has 2 aromatic carbocycles. The molecule has 2 N–H and O–H groups in total. The van der Waals surface area contributed by atoms with Gasteiger partial charge in [0.25, 0.3) is 0 Å².